The lowest BCUT2D eigenvalue weighted by atomic mass is 10.0. The monoisotopic (exact) mass is 383 g/mol. The number of likely N-dealkylation sites (tertiary alicyclic amines) is 1. The van der Waals surface area contributed by atoms with Gasteiger partial charge in [0.25, 0.3) is 5.91 Å². The van der Waals surface area contributed by atoms with Crippen molar-refractivity contribution in [2.24, 2.45) is 5.92 Å². The van der Waals surface area contributed by atoms with Gasteiger partial charge in [-0.05, 0) is 57.1 Å². The zero-order valence-corrected chi connectivity index (χ0v) is 16.7. The van der Waals surface area contributed by atoms with Crippen LogP contribution in [-0.2, 0) is 10.0 Å². The quantitative estimate of drug-likeness (QED) is 0.816. The number of aliphatic hydroxyl groups excluding tert-OH is 1. The van der Waals surface area contributed by atoms with Gasteiger partial charge in [-0.15, -0.1) is 0 Å². The fraction of sp³-hybridized carbons (Fsp3) is 0.611. The molecule has 7 nitrogen and oxygen atoms in total. The number of carbonyl (C=O) groups excluding carboxylic acids is 1. The van der Waals surface area contributed by atoms with Crippen LogP contribution in [0.5, 0.6) is 0 Å². The predicted octanol–water partition coefficient (Wildman–Crippen LogP) is 0.857. The molecule has 1 heterocycles. The van der Waals surface area contributed by atoms with Crippen molar-refractivity contribution in [3.63, 3.8) is 0 Å². The summed E-state index contributed by atoms with van der Waals surface area (Å²) in [4.78, 5) is 16.9. The Morgan fingerprint density at radius 3 is 2.27 bits per heavy atom. The Hall–Kier alpha value is -1.64. The van der Waals surface area contributed by atoms with E-state index in [9.17, 15) is 18.3 Å². The Bertz CT molecular complexity index is 718. The second-order valence-corrected chi connectivity index (χ2v) is 9.24. The van der Waals surface area contributed by atoms with Crippen molar-refractivity contribution < 1.29 is 18.3 Å². The van der Waals surface area contributed by atoms with Gasteiger partial charge >= 0.3 is 0 Å². The number of hydrogen-bond acceptors (Lipinski definition) is 5. The Balaban J connectivity index is 2.20. The largest absolute Gasteiger partial charge is 0.396 e. The zero-order chi connectivity index (χ0) is 19.5. The molecule has 0 aliphatic carbocycles. The van der Waals surface area contributed by atoms with Crippen LogP contribution in [0, 0.1) is 5.92 Å². The average molecular weight is 384 g/mol. The van der Waals surface area contributed by atoms with Crippen LogP contribution in [0.3, 0.4) is 0 Å². The minimum Gasteiger partial charge on any atom is -0.396 e. The summed E-state index contributed by atoms with van der Waals surface area (Å²) < 4.78 is 24.4. The number of carbonyl (C=O) groups is 1. The van der Waals surface area contributed by atoms with Gasteiger partial charge in [-0.1, -0.05) is 0 Å². The molecule has 1 aromatic carbocycles. The minimum absolute atomic E-state index is 0.0714. The highest BCUT2D eigenvalue weighted by Crippen LogP contribution is 2.22. The maximum Gasteiger partial charge on any atom is 0.253 e. The molecule has 1 aliphatic heterocycles. The van der Waals surface area contributed by atoms with Crippen LogP contribution in [0.2, 0.25) is 0 Å². The summed E-state index contributed by atoms with van der Waals surface area (Å²) in [6.45, 7) is 1.22. The number of sulfonamides is 1. The first-order chi connectivity index (χ1) is 12.1. The van der Waals surface area contributed by atoms with E-state index in [4.69, 9.17) is 0 Å². The SMILES string of the molecule is CN(C)[C@@H]1CC[C@H](CO)CN(C(=O)c2ccc(N(C)S(C)(=O)=O)cc2)C1. The summed E-state index contributed by atoms with van der Waals surface area (Å²) in [7, 11) is 2.15. The third-order valence-electron chi connectivity index (χ3n) is 5.07. The summed E-state index contributed by atoms with van der Waals surface area (Å²) in [5, 5.41) is 9.57. The number of benzene rings is 1. The van der Waals surface area contributed by atoms with E-state index in [2.05, 4.69) is 4.90 Å². The number of hydrogen-bond donors (Lipinski definition) is 1. The predicted molar refractivity (Wildman–Crippen MR) is 103 cm³/mol. The number of nitrogens with zero attached hydrogens (tertiary/aromatic N) is 3. The van der Waals surface area contributed by atoms with Gasteiger partial charge in [0.1, 0.15) is 0 Å². The highest BCUT2D eigenvalue weighted by molar-refractivity contribution is 7.92. The van der Waals surface area contributed by atoms with E-state index < -0.39 is 10.0 Å². The van der Waals surface area contributed by atoms with Crippen LogP contribution >= 0.6 is 0 Å². The van der Waals surface area contributed by atoms with Crippen molar-refractivity contribution in [1.29, 1.82) is 0 Å². The third-order valence-corrected chi connectivity index (χ3v) is 6.27. The molecule has 2 rings (SSSR count). The second kappa shape index (κ2) is 8.37. The Kier molecular flexibility index (Phi) is 6.65. The Morgan fingerprint density at radius 2 is 1.77 bits per heavy atom. The zero-order valence-electron chi connectivity index (χ0n) is 15.9. The van der Waals surface area contributed by atoms with Crippen LogP contribution in [0.1, 0.15) is 23.2 Å². The van der Waals surface area contributed by atoms with Crippen LogP contribution < -0.4 is 4.31 Å². The van der Waals surface area contributed by atoms with Gasteiger partial charge in [0.2, 0.25) is 10.0 Å². The molecule has 0 radical (unpaired) electrons. The first kappa shape index (κ1) is 20.7. The molecule has 146 valence electrons. The molecule has 1 aliphatic rings. The normalized spacial score (nSPS) is 21.5. The maximum atomic E-state index is 13.0. The van der Waals surface area contributed by atoms with Crippen molar-refractivity contribution >= 4 is 21.6 Å². The fourth-order valence-corrected chi connectivity index (χ4v) is 3.68. The van der Waals surface area contributed by atoms with Crippen molar-refractivity contribution in [3.05, 3.63) is 29.8 Å². The molecule has 0 spiro atoms. The molecular formula is C18H29N3O4S. The number of anilines is 1. The first-order valence-corrected chi connectivity index (χ1v) is 10.6. The number of aliphatic hydroxyl groups is 1. The lowest BCUT2D eigenvalue weighted by molar-refractivity contribution is 0.0689. The lowest BCUT2D eigenvalue weighted by Crippen LogP contribution is -2.42. The molecule has 26 heavy (non-hydrogen) atoms. The van der Waals surface area contributed by atoms with Gasteiger partial charge in [0.15, 0.2) is 0 Å². The molecule has 2 atom stereocenters. The van der Waals surface area contributed by atoms with Crippen molar-refractivity contribution in [2.45, 2.75) is 18.9 Å². The molecule has 1 saturated heterocycles. The van der Waals surface area contributed by atoms with E-state index >= 15 is 0 Å². The topological polar surface area (TPSA) is 81.2 Å². The Morgan fingerprint density at radius 1 is 1.15 bits per heavy atom. The second-order valence-electron chi connectivity index (χ2n) is 7.23. The van der Waals surface area contributed by atoms with E-state index in [-0.39, 0.29) is 24.5 Å². The molecule has 8 heteroatoms. The number of amides is 1. The average Bonchev–Trinajstić information content (AvgIpc) is 2.82. The van der Waals surface area contributed by atoms with Gasteiger partial charge in [-0.25, -0.2) is 8.42 Å². The van der Waals surface area contributed by atoms with Crippen molar-refractivity contribution in [1.82, 2.24) is 9.80 Å². The van der Waals surface area contributed by atoms with Crippen LogP contribution in [-0.4, -0.2) is 82.4 Å². The first-order valence-electron chi connectivity index (χ1n) is 8.74. The van der Waals surface area contributed by atoms with Crippen LogP contribution in [0.25, 0.3) is 0 Å². The van der Waals surface area contributed by atoms with Gasteiger partial charge in [-0.2, -0.15) is 0 Å². The van der Waals surface area contributed by atoms with Gasteiger partial charge < -0.3 is 14.9 Å². The summed E-state index contributed by atoms with van der Waals surface area (Å²) in [6, 6.07) is 6.84. The standard InChI is InChI=1S/C18H29N3O4S/c1-19(2)17-8-5-14(13-22)11-21(12-17)18(23)15-6-9-16(10-7-15)20(3)26(4,24)25/h6-7,9-10,14,17,22H,5,8,11-13H2,1-4H3/t14-,17+/m0/s1. The molecule has 0 bridgehead atoms. The van der Waals surface area contributed by atoms with Crippen LogP contribution in [0.15, 0.2) is 24.3 Å². The number of likely N-dealkylation sites (N-methyl/N-ethyl adjacent to an activating group) is 1. The summed E-state index contributed by atoms with van der Waals surface area (Å²) >= 11 is 0. The fourth-order valence-electron chi connectivity index (χ4n) is 3.18. The highest BCUT2D eigenvalue weighted by atomic mass is 32.2. The van der Waals surface area contributed by atoms with E-state index in [0.717, 1.165) is 19.1 Å². The van der Waals surface area contributed by atoms with E-state index in [1.807, 2.05) is 14.1 Å². The molecule has 1 amide bonds. The molecule has 1 fully saturated rings. The van der Waals surface area contributed by atoms with Gasteiger partial charge in [0.05, 0.1) is 11.9 Å². The lowest BCUT2D eigenvalue weighted by Gasteiger charge is -2.29. The van der Waals surface area contributed by atoms with E-state index in [0.29, 0.717) is 24.3 Å². The summed E-state index contributed by atoms with van der Waals surface area (Å²) in [6.07, 6.45) is 2.97. The van der Waals surface area contributed by atoms with Gasteiger partial charge in [0, 0.05) is 38.3 Å². The molecule has 0 unspecified atom stereocenters. The minimum atomic E-state index is -3.34. The number of rotatable bonds is 5. The van der Waals surface area contributed by atoms with Gasteiger partial charge in [-0.3, -0.25) is 9.10 Å². The van der Waals surface area contributed by atoms with E-state index in [1.54, 1.807) is 29.2 Å². The molecule has 0 saturated carbocycles. The maximum absolute atomic E-state index is 13.0. The molecular weight excluding hydrogens is 354 g/mol. The summed E-state index contributed by atoms with van der Waals surface area (Å²) in [5.74, 6) is -0.00898. The highest BCUT2D eigenvalue weighted by Gasteiger charge is 2.28. The third kappa shape index (κ3) is 4.96. The Labute approximate surface area is 156 Å². The smallest absolute Gasteiger partial charge is 0.253 e. The molecule has 1 aromatic rings. The molecule has 0 aromatic heterocycles. The van der Waals surface area contributed by atoms with Crippen molar-refractivity contribution in [3.8, 4) is 0 Å². The van der Waals surface area contributed by atoms with Crippen LogP contribution in [0.4, 0.5) is 5.69 Å². The van der Waals surface area contributed by atoms with Crippen molar-refractivity contribution in [2.75, 3.05) is 51.4 Å². The summed E-state index contributed by atoms with van der Waals surface area (Å²) in [5.41, 5.74) is 1.03. The molecule has 1 N–H and O–H groups in total. The van der Waals surface area contributed by atoms with E-state index in [1.165, 1.54) is 11.4 Å².